The van der Waals surface area contributed by atoms with Gasteiger partial charge in [0.05, 0.1) is 25.2 Å². The number of aromatic nitrogens is 5. The van der Waals surface area contributed by atoms with E-state index >= 15 is 0 Å². The number of aryl methyl sites for hydroxylation is 2. The Bertz CT molecular complexity index is 1840. The predicted octanol–water partition coefficient (Wildman–Crippen LogP) is 3.88. The summed E-state index contributed by atoms with van der Waals surface area (Å²) in [5, 5.41) is 16.7. The Hall–Kier alpha value is -4.11. The van der Waals surface area contributed by atoms with Crippen molar-refractivity contribution in [2.45, 2.75) is 62.2 Å². The summed E-state index contributed by atoms with van der Waals surface area (Å²) >= 11 is 0. The zero-order valence-corrected chi connectivity index (χ0v) is 23.3. The van der Waals surface area contributed by atoms with Crippen molar-refractivity contribution in [1.82, 2.24) is 28.9 Å². The van der Waals surface area contributed by atoms with Crippen LogP contribution in [0.15, 0.2) is 47.6 Å². The highest BCUT2D eigenvalue weighted by molar-refractivity contribution is 7.89. The Morgan fingerprint density at radius 2 is 1.93 bits per heavy atom. The number of nitrogens with zero attached hydrogens (tertiary/aromatic N) is 6. The van der Waals surface area contributed by atoms with E-state index in [9.17, 15) is 31.5 Å². The third kappa shape index (κ3) is 4.85. The first kappa shape index (κ1) is 28.0. The molecule has 15 heteroatoms. The maximum atomic E-state index is 13.7. The topological polar surface area (TPSA) is 140 Å². The van der Waals surface area contributed by atoms with Gasteiger partial charge in [0, 0.05) is 24.0 Å². The highest BCUT2D eigenvalue weighted by atomic mass is 32.2. The summed E-state index contributed by atoms with van der Waals surface area (Å²) < 4.78 is 75.7. The molecule has 1 saturated carbocycles. The number of halogens is 3. The third-order valence-corrected chi connectivity index (χ3v) is 9.53. The van der Waals surface area contributed by atoms with E-state index < -0.39 is 45.9 Å². The lowest BCUT2D eigenvalue weighted by Crippen LogP contribution is -2.38. The standard InChI is InChI=1S/C27H25F3N6O5S/c1-15-5-6-19(18(12-22(37)38)17-7-11-36-23(16(17)2)33-34-25(36)27(28,29)30)32-20(15)13-35-14-26(8-9-26)41-24-21(42(35,39)40)4-3-10-31-24/h3-7,10-11,18H,8-9,12-14H2,1-2H3,(H,37,38)/t18-/m0/s1. The Morgan fingerprint density at radius 3 is 2.62 bits per heavy atom. The van der Waals surface area contributed by atoms with E-state index in [1.807, 2.05) is 0 Å². The molecule has 0 aromatic carbocycles. The molecule has 1 aliphatic carbocycles. The molecule has 4 aromatic rings. The van der Waals surface area contributed by atoms with Crippen LogP contribution in [0.25, 0.3) is 5.65 Å². The summed E-state index contributed by atoms with van der Waals surface area (Å²) in [6.07, 6.45) is -1.17. The van der Waals surface area contributed by atoms with Crippen LogP contribution in [0.4, 0.5) is 13.2 Å². The number of hydrogen-bond acceptors (Lipinski definition) is 8. The van der Waals surface area contributed by atoms with Crippen LogP contribution < -0.4 is 4.74 Å². The molecule has 6 rings (SSSR count). The SMILES string of the molecule is Cc1ccc([C@@H](CC(=O)O)c2ccn3c(C(F)(F)F)nnc3c2C)nc1CN1CC2(CC2)Oc2ncccc2S1(=O)=O. The third-order valence-electron chi connectivity index (χ3n) is 7.72. The molecule has 4 aromatic heterocycles. The van der Waals surface area contributed by atoms with Gasteiger partial charge in [0.2, 0.25) is 21.7 Å². The zero-order chi connectivity index (χ0) is 30.0. The van der Waals surface area contributed by atoms with Crippen LogP contribution in [0.3, 0.4) is 0 Å². The Morgan fingerprint density at radius 1 is 1.17 bits per heavy atom. The fraction of sp³-hybridized carbons (Fsp3) is 0.370. The van der Waals surface area contributed by atoms with Crippen molar-refractivity contribution < 1.29 is 36.2 Å². The van der Waals surface area contributed by atoms with Crippen molar-refractivity contribution in [3.05, 3.63) is 76.6 Å². The first-order chi connectivity index (χ1) is 19.8. The van der Waals surface area contributed by atoms with Gasteiger partial charge in [-0.05, 0) is 67.6 Å². The van der Waals surface area contributed by atoms with Gasteiger partial charge in [-0.1, -0.05) is 6.07 Å². The summed E-state index contributed by atoms with van der Waals surface area (Å²) in [6.45, 7) is 3.32. The molecule has 0 amide bonds. The number of ether oxygens (including phenoxy) is 1. The number of pyridine rings is 3. The Kier molecular flexibility index (Phi) is 6.49. The number of alkyl halides is 3. The summed E-state index contributed by atoms with van der Waals surface area (Å²) in [6, 6.07) is 7.74. The molecule has 1 fully saturated rings. The lowest BCUT2D eigenvalue weighted by molar-refractivity contribution is -0.145. The molecule has 1 aliphatic heterocycles. The van der Waals surface area contributed by atoms with Crippen molar-refractivity contribution in [2.75, 3.05) is 6.54 Å². The Labute approximate surface area is 238 Å². The minimum absolute atomic E-state index is 0.0400. The van der Waals surface area contributed by atoms with Gasteiger partial charge in [0.1, 0.15) is 10.5 Å². The molecule has 5 heterocycles. The van der Waals surface area contributed by atoms with Gasteiger partial charge in [-0.15, -0.1) is 10.2 Å². The second-order valence-corrected chi connectivity index (χ2v) is 12.5. The first-order valence-corrected chi connectivity index (χ1v) is 14.5. The maximum absolute atomic E-state index is 13.7. The number of sulfonamides is 1. The highest BCUT2D eigenvalue weighted by Crippen LogP contribution is 2.46. The van der Waals surface area contributed by atoms with Crippen molar-refractivity contribution in [1.29, 1.82) is 0 Å². The second kappa shape index (κ2) is 9.73. The molecule has 0 unspecified atom stereocenters. The van der Waals surface area contributed by atoms with Crippen molar-refractivity contribution in [2.24, 2.45) is 0 Å². The number of hydrogen-bond donors (Lipinski definition) is 1. The molecule has 2 aliphatic rings. The molecule has 0 radical (unpaired) electrons. The van der Waals surface area contributed by atoms with E-state index in [2.05, 4.69) is 15.2 Å². The minimum Gasteiger partial charge on any atom is -0.481 e. The number of carboxylic acid groups (broad SMARTS) is 1. The van der Waals surface area contributed by atoms with Crippen LogP contribution >= 0.6 is 0 Å². The first-order valence-electron chi connectivity index (χ1n) is 13.0. The lowest BCUT2D eigenvalue weighted by atomic mass is 9.89. The molecule has 1 N–H and O–H groups in total. The molecule has 11 nitrogen and oxygen atoms in total. The fourth-order valence-corrected chi connectivity index (χ4v) is 6.84. The number of rotatable bonds is 6. The zero-order valence-electron chi connectivity index (χ0n) is 22.5. The quantitative estimate of drug-likeness (QED) is 0.348. The average Bonchev–Trinajstić information content (AvgIpc) is 3.53. The maximum Gasteiger partial charge on any atom is 0.452 e. The summed E-state index contributed by atoms with van der Waals surface area (Å²) in [5.41, 5.74) is 1.43. The largest absolute Gasteiger partial charge is 0.481 e. The van der Waals surface area contributed by atoms with E-state index in [0.717, 1.165) is 10.6 Å². The minimum atomic E-state index is -4.73. The molecule has 0 bridgehead atoms. The van der Waals surface area contributed by atoms with Crippen LogP contribution in [0, 0.1) is 13.8 Å². The lowest BCUT2D eigenvalue weighted by Gasteiger charge is -2.24. The molecule has 42 heavy (non-hydrogen) atoms. The van der Waals surface area contributed by atoms with Gasteiger partial charge < -0.3 is 9.84 Å². The van der Waals surface area contributed by atoms with Crippen LogP contribution in [-0.2, 0) is 27.5 Å². The molecule has 0 saturated heterocycles. The van der Waals surface area contributed by atoms with Gasteiger partial charge in [0.25, 0.3) is 0 Å². The number of carboxylic acids is 1. The van der Waals surface area contributed by atoms with Crippen molar-refractivity contribution >= 4 is 21.6 Å². The van der Waals surface area contributed by atoms with Gasteiger partial charge in [-0.2, -0.15) is 17.5 Å². The predicted molar refractivity (Wildman–Crippen MR) is 140 cm³/mol. The molecular weight excluding hydrogens is 577 g/mol. The van der Waals surface area contributed by atoms with Gasteiger partial charge in [-0.3, -0.25) is 14.2 Å². The number of fused-ring (bicyclic) bond motifs is 2. The molecule has 220 valence electrons. The van der Waals surface area contributed by atoms with Crippen LogP contribution in [0.1, 0.15) is 59.1 Å². The smallest absolute Gasteiger partial charge is 0.452 e. The number of aliphatic carboxylic acids is 1. The van der Waals surface area contributed by atoms with E-state index in [1.165, 1.54) is 28.7 Å². The van der Waals surface area contributed by atoms with Gasteiger partial charge in [0.15, 0.2) is 5.65 Å². The summed E-state index contributed by atoms with van der Waals surface area (Å²) in [5.74, 6) is -3.13. The normalized spacial score (nSPS) is 18.3. The highest BCUT2D eigenvalue weighted by Gasteiger charge is 2.52. The fourth-order valence-electron chi connectivity index (χ4n) is 5.30. The average molecular weight is 603 g/mol. The monoisotopic (exact) mass is 602 g/mol. The van der Waals surface area contributed by atoms with Gasteiger partial charge in [-0.25, -0.2) is 13.4 Å². The second-order valence-electron chi connectivity index (χ2n) is 10.6. The van der Waals surface area contributed by atoms with E-state index in [1.54, 1.807) is 26.0 Å². The van der Waals surface area contributed by atoms with Crippen LogP contribution in [-0.4, -0.2) is 60.5 Å². The van der Waals surface area contributed by atoms with Crippen molar-refractivity contribution in [3.63, 3.8) is 0 Å². The van der Waals surface area contributed by atoms with E-state index in [0.29, 0.717) is 40.9 Å². The molecule has 1 spiro atoms. The van der Waals surface area contributed by atoms with Crippen LogP contribution in [0.5, 0.6) is 5.88 Å². The number of carbonyl (C=O) groups is 1. The van der Waals surface area contributed by atoms with Gasteiger partial charge >= 0.3 is 12.1 Å². The molecular formula is C27H25F3N6O5S. The Balaban J connectivity index is 1.40. The van der Waals surface area contributed by atoms with E-state index in [-0.39, 0.29) is 29.5 Å². The van der Waals surface area contributed by atoms with Crippen LogP contribution in [0.2, 0.25) is 0 Å². The summed E-state index contributed by atoms with van der Waals surface area (Å²) in [4.78, 5) is 20.8. The molecule has 1 atom stereocenters. The summed E-state index contributed by atoms with van der Waals surface area (Å²) in [7, 11) is -4.01. The van der Waals surface area contributed by atoms with E-state index in [4.69, 9.17) is 9.72 Å². The van der Waals surface area contributed by atoms with Crippen molar-refractivity contribution in [3.8, 4) is 5.88 Å².